The summed E-state index contributed by atoms with van der Waals surface area (Å²) in [6.07, 6.45) is -1.17. The molecule has 0 aliphatic heterocycles. The number of halogens is 1. The van der Waals surface area contributed by atoms with Crippen molar-refractivity contribution in [3.8, 4) is 6.07 Å². The van der Waals surface area contributed by atoms with Crippen molar-refractivity contribution in [3.63, 3.8) is 0 Å². The molecule has 9 heteroatoms. The van der Waals surface area contributed by atoms with E-state index < -0.39 is 18.0 Å². The number of hydrogen-bond acceptors (Lipinski definition) is 6. The minimum absolute atomic E-state index is 0.0720. The van der Waals surface area contributed by atoms with Gasteiger partial charge in [0.1, 0.15) is 6.07 Å². The molecule has 35 heavy (non-hydrogen) atoms. The molecule has 1 aromatic heterocycles. The van der Waals surface area contributed by atoms with Gasteiger partial charge < -0.3 is 10.1 Å². The molecule has 1 N–H and O–H groups in total. The normalized spacial score (nSPS) is 11.5. The Kier molecular flexibility index (Phi) is 6.90. The Hall–Kier alpha value is -4.48. The van der Waals surface area contributed by atoms with Crippen LogP contribution in [0.25, 0.3) is 10.8 Å². The molecule has 0 aliphatic carbocycles. The highest BCUT2D eigenvalue weighted by molar-refractivity contribution is 6.32. The first-order valence-corrected chi connectivity index (χ1v) is 11.0. The van der Waals surface area contributed by atoms with Gasteiger partial charge in [0.2, 0.25) is 0 Å². The van der Waals surface area contributed by atoms with Crippen LogP contribution in [0.2, 0.25) is 5.02 Å². The van der Waals surface area contributed by atoms with E-state index in [1.165, 1.54) is 29.8 Å². The molecule has 0 aliphatic rings. The van der Waals surface area contributed by atoms with Crippen LogP contribution in [0.4, 0.5) is 5.69 Å². The smallest absolute Gasteiger partial charge is 0.360 e. The monoisotopic (exact) mass is 486 g/mol. The summed E-state index contributed by atoms with van der Waals surface area (Å²) >= 11 is 6.00. The number of benzene rings is 3. The molecule has 174 valence electrons. The lowest BCUT2D eigenvalue weighted by Crippen LogP contribution is -2.32. The highest BCUT2D eigenvalue weighted by Crippen LogP contribution is 2.21. The van der Waals surface area contributed by atoms with Gasteiger partial charge in [0.05, 0.1) is 22.5 Å². The number of rotatable bonds is 6. The molecule has 1 atom stereocenters. The number of aromatic nitrogens is 2. The van der Waals surface area contributed by atoms with Gasteiger partial charge in [-0.3, -0.25) is 9.59 Å². The van der Waals surface area contributed by atoms with Gasteiger partial charge in [-0.2, -0.15) is 10.4 Å². The van der Waals surface area contributed by atoms with Crippen LogP contribution < -0.4 is 10.9 Å². The summed E-state index contributed by atoms with van der Waals surface area (Å²) in [5.74, 6) is -1.44. The number of carbonyl (C=O) groups is 2. The summed E-state index contributed by atoms with van der Waals surface area (Å²) in [6.45, 7) is 1.58. The number of esters is 1. The molecule has 0 saturated carbocycles. The number of carbonyl (C=O) groups excluding carboxylic acids is 2. The summed E-state index contributed by atoms with van der Waals surface area (Å²) < 4.78 is 6.59. The van der Waals surface area contributed by atoms with Crippen LogP contribution in [0.3, 0.4) is 0 Å². The van der Waals surface area contributed by atoms with Crippen LogP contribution >= 0.6 is 11.6 Å². The van der Waals surface area contributed by atoms with Gasteiger partial charge in [-0.05, 0) is 36.8 Å². The van der Waals surface area contributed by atoms with Crippen molar-refractivity contribution in [3.05, 3.63) is 105 Å². The van der Waals surface area contributed by atoms with Gasteiger partial charge in [-0.25, -0.2) is 9.48 Å². The first kappa shape index (κ1) is 23.7. The maximum atomic E-state index is 13.0. The van der Waals surface area contributed by atoms with Crippen LogP contribution in [0.1, 0.15) is 28.5 Å². The number of nitriles is 1. The van der Waals surface area contributed by atoms with Gasteiger partial charge in [0.25, 0.3) is 11.5 Å². The lowest BCUT2D eigenvalue weighted by Gasteiger charge is -2.15. The lowest BCUT2D eigenvalue weighted by molar-refractivity contribution is -0.123. The molecule has 0 saturated heterocycles. The van der Waals surface area contributed by atoms with Crippen molar-refractivity contribution < 1.29 is 14.3 Å². The largest absolute Gasteiger partial charge is 0.448 e. The molecule has 4 rings (SSSR count). The Morgan fingerprint density at radius 2 is 1.77 bits per heavy atom. The Morgan fingerprint density at radius 3 is 2.46 bits per heavy atom. The second-order valence-corrected chi connectivity index (χ2v) is 8.09. The third-order valence-corrected chi connectivity index (χ3v) is 5.56. The van der Waals surface area contributed by atoms with Gasteiger partial charge >= 0.3 is 5.97 Å². The van der Waals surface area contributed by atoms with Gasteiger partial charge in [0, 0.05) is 11.1 Å². The number of hydrogen-bond donors (Lipinski definition) is 1. The van der Waals surface area contributed by atoms with Gasteiger partial charge in [-0.15, -0.1) is 0 Å². The van der Waals surface area contributed by atoms with E-state index in [1.807, 2.05) is 36.4 Å². The predicted octanol–water partition coefficient (Wildman–Crippen LogP) is 4.15. The van der Waals surface area contributed by atoms with Crippen molar-refractivity contribution in [1.82, 2.24) is 9.78 Å². The molecule has 0 spiro atoms. The zero-order valence-electron chi connectivity index (χ0n) is 18.6. The Morgan fingerprint density at radius 1 is 1.09 bits per heavy atom. The van der Waals surface area contributed by atoms with E-state index in [1.54, 1.807) is 24.3 Å². The van der Waals surface area contributed by atoms with Gasteiger partial charge in [-0.1, -0.05) is 60.1 Å². The Bertz CT molecular complexity index is 1530. The number of anilines is 1. The second-order valence-electron chi connectivity index (χ2n) is 7.69. The first-order chi connectivity index (χ1) is 16.9. The molecular formula is C26H19ClN4O4. The topological polar surface area (TPSA) is 114 Å². The quantitative estimate of drug-likeness (QED) is 0.409. The summed E-state index contributed by atoms with van der Waals surface area (Å²) in [5, 5.41) is 16.7. The van der Waals surface area contributed by atoms with E-state index >= 15 is 0 Å². The summed E-state index contributed by atoms with van der Waals surface area (Å²) in [7, 11) is 0. The number of nitrogens with one attached hydrogen (secondary N) is 1. The molecule has 3 aromatic carbocycles. The van der Waals surface area contributed by atoms with E-state index in [0.717, 1.165) is 5.56 Å². The van der Waals surface area contributed by atoms with Crippen LogP contribution in [0.5, 0.6) is 0 Å². The van der Waals surface area contributed by atoms with Crippen LogP contribution in [0, 0.1) is 11.3 Å². The van der Waals surface area contributed by atoms with Crippen molar-refractivity contribution in [2.45, 2.75) is 19.6 Å². The average Bonchev–Trinajstić information content (AvgIpc) is 2.86. The van der Waals surface area contributed by atoms with Crippen molar-refractivity contribution >= 4 is 39.9 Å². The molecule has 0 bridgehead atoms. The van der Waals surface area contributed by atoms with Crippen LogP contribution in [-0.2, 0) is 16.1 Å². The van der Waals surface area contributed by atoms with E-state index in [-0.39, 0.29) is 28.4 Å². The fourth-order valence-corrected chi connectivity index (χ4v) is 3.67. The minimum atomic E-state index is -1.17. The highest BCUT2D eigenvalue weighted by atomic mass is 35.5. The maximum Gasteiger partial charge on any atom is 0.360 e. The number of amides is 1. The summed E-state index contributed by atoms with van der Waals surface area (Å²) in [4.78, 5) is 38.6. The molecule has 4 aromatic rings. The minimum Gasteiger partial charge on any atom is -0.448 e. The highest BCUT2D eigenvalue weighted by Gasteiger charge is 2.23. The standard InChI is InChI=1S/C26H19ClN4O4/c1-16(24(32)29-19-12-11-18(14-28)22(27)13-19)35-26(34)23-20-9-5-6-10-21(20)25(33)31(30-23)15-17-7-3-2-4-8-17/h2-13,16H,15H2,1H3,(H,29,32). The summed E-state index contributed by atoms with van der Waals surface area (Å²) in [5.41, 5.74) is 1.04. The molecular weight excluding hydrogens is 468 g/mol. The molecule has 1 heterocycles. The number of nitrogens with zero attached hydrogens (tertiary/aromatic N) is 3. The maximum absolute atomic E-state index is 13.0. The zero-order chi connectivity index (χ0) is 24.9. The molecule has 0 fully saturated rings. The molecule has 0 radical (unpaired) electrons. The number of fused-ring (bicyclic) bond motifs is 1. The Labute approximate surface area is 205 Å². The van der Waals surface area contributed by atoms with E-state index in [2.05, 4.69) is 10.4 Å². The fourth-order valence-electron chi connectivity index (χ4n) is 3.45. The van der Waals surface area contributed by atoms with Crippen LogP contribution in [-0.4, -0.2) is 27.8 Å². The summed E-state index contributed by atoms with van der Waals surface area (Å²) in [6, 6.07) is 22.2. The van der Waals surface area contributed by atoms with Gasteiger partial charge in [0.15, 0.2) is 11.8 Å². The lowest BCUT2D eigenvalue weighted by atomic mass is 10.1. The van der Waals surface area contributed by atoms with E-state index in [4.69, 9.17) is 21.6 Å². The number of ether oxygens (including phenoxy) is 1. The van der Waals surface area contributed by atoms with E-state index in [9.17, 15) is 14.4 Å². The van der Waals surface area contributed by atoms with Crippen molar-refractivity contribution in [2.75, 3.05) is 5.32 Å². The third kappa shape index (κ3) is 5.21. The molecule has 8 nitrogen and oxygen atoms in total. The van der Waals surface area contributed by atoms with Crippen molar-refractivity contribution in [2.24, 2.45) is 0 Å². The molecule has 1 amide bonds. The predicted molar refractivity (Wildman–Crippen MR) is 131 cm³/mol. The zero-order valence-corrected chi connectivity index (χ0v) is 19.3. The SMILES string of the molecule is CC(OC(=O)c1nn(Cc2ccccc2)c(=O)c2ccccc12)C(=O)Nc1ccc(C#N)c(Cl)c1. The van der Waals surface area contributed by atoms with Crippen LogP contribution in [0.15, 0.2) is 77.6 Å². The third-order valence-electron chi connectivity index (χ3n) is 5.25. The second kappa shape index (κ2) is 10.2. The Balaban J connectivity index is 1.58. The van der Waals surface area contributed by atoms with E-state index in [0.29, 0.717) is 16.5 Å². The average molecular weight is 487 g/mol. The molecule has 1 unspecified atom stereocenters. The first-order valence-electron chi connectivity index (χ1n) is 10.6. The fraction of sp³-hybridized carbons (Fsp3) is 0.115. The van der Waals surface area contributed by atoms with Crippen molar-refractivity contribution in [1.29, 1.82) is 5.26 Å².